The molecule has 470 valence electrons. The summed E-state index contributed by atoms with van der Waals surface area (Å²) in [6.45, 7) is -0.282. The molecule has 0 N–H and O–H groups in total. The van der Waals surface area contributed by atoms with E-state index in [1.807, 2.05) is 22.7 Å². The van der Waals surface area contributed by atoms with E-state index in [0.29, 0.717) is 0 Å². The Morgan fingerprint density at radius 2 is 0.485 bits per heavy atom. The summed E-state index contributed by atoms with van der Waals surface area (Å²) in [5.74, 6) is 0. The van der Waals surface area contributed by atoms with E-state index in [4.69, 9.17) is 0 Å². The van der Waals surface area contributed by atoms with Crippen molar-refractivity contribution in [1.82, 2.24) is 0 Å². The van der Waals surface area contributed by atoms with Gasteiger partial charge in [0.05, 0.1) is 11.4 Å². The van der Waals surface area contributed by atoms with Crippen LogP contribution >= 0.6 is 22.7 Å². The molecule has 2 aliphatic heterocycles. The Balaban J connectivity index is 0.988. The standard InChI is InChI=1S/C96H61BN2S2/c1-8-28-62(29-9-1)69-42-26-44-73(54-69)80-60-86-93(95-90(80)76-46-22-24-48-88(76)100-95)97-92-84(98(86)82-52-50-71(64-32-12-3-13-33-64)56-78(82)67-38-18-6-19-39-67)58-75(66-36-16-5-17-37-66)59-85(92)99(83-53-51-72(65-34-14-4-15-35-65)57-79(83)68-40-20-7-21-41-68)87-61-81(74-45-27-43-70(55-74)63-30-10-2-11-31-63)91-77-47-23-25-49-89(77)101-96(91)94(87)97/h1-61H. The molecule has 0 amide bonds. The van der Waals surface area contributed by atoms with Gasteiger partial charge in [-0.1, -0.05) is 297 Å². The monoisotopic (exact) mass is 1320 g/mol. The van der Waals surface area contributed by atoms with E-state index in [1.54, 1.807) is 0 Å². The number of hydrogen-bond donors (Lipinski definition) is 0. The molecule has 18 aromatic rings. The third kappa shape index (κ3) is 9.83. The van der Waals surface area contributed by atoms with E-state index in [2.05, 4.69) is 380 Å². The molecular weight excluding hydrogens is 1260 g/mol. The summed E-state index contributed by atoms with van der Waals surface area (Å²) < 4.78 is 5.09. The van der Waals surface area contributed by atoms with E-state index < -0.39 is 0 Å². The second-order valence-electron chi connectivity index (χ2n) is 26.5. The maximum Gasteiger partial charge on any atom is 0.255 e. The van der Waals surface area contributed by atoms with Crippen molar-refractivity contribution in [3.63, 3.8) is 0 Å². The SMILES string of the molecule is c1ccc(-c2cccc(-c3cc4c(c5sc6ccccc6c35)B3c5c(cc(-c6ccccc6)cc5N(c5ccc(-c6ccccc6)cc5-c5ccccc5)c5cc(-c6cccc(-c7ccccc7)c6)c6c(sc7ccccc76)c53)N4c3ccc(-c4ccccc4)cc3-c3ccccc3)c2)cc1. The largest absolute Gasteiger partial charge is 0.311 e. The molecule has 0 fully saturated rings. The molecule has 0 aliphatic carbocycles. The highest BCUT2D eigenvalue weighted by Gasteiger charge is 2.48. The summed E-state index contributed by atoms with van der Waals surface area (Å²) >= 11 is 3.90. The number of thiophene rings is 2. The molecule has 0 bridgehead atoms. The fourth-order valence-electron chi connectivity index (χ4n) is 16.3. The van der Waals surface area contributed by atoms with Gasteiger partial charge in [0.15, 0.2) is 0 Å². The molecule has 2 aromatic heterocycles. The van der Waals surface area contributed by atoms with Crippen molar-refractivity contribution >= 4 is 120 Å². The third-order valence-electron chi connectivity index (χ3n) is 20.8. The fraction of sp³-hybridized carbons (Fsp3) is 0. The van der Waals surface area contributed by atoms with Crippen LogP contribution in [-0.2, 0) is 0 Å². The molecule has 4 heterocycles. The van der Waals surface area contributed by atoms with Crippen molar-refractivity contribution in [3.8, 4) is 100 Å². The first-order valence-corrected chi connectivity index (χ1v) is 36.4. The number of rotatable bonds is 11. The molecule has 16 aromatic carbocycles. The van der Waals surface area contributed by atoms with Crippen LogP contribution in [-0.4, -0.2) is 6.71 Å². The molecule has 2 aliphatic rings. The van der Waals surface area contributed by atoms with Gasteiger partial charge < -0.3 is 9.80 Å². The summed E-state index contributed by atoms with van der Waals surface area (Å²) in [6.07, 6.45) is 0. The van der Waals surface area contributed by atoms with E-state index in [1.165, 1.54) is 112 Å². The molecule has 0 spiro atoms. The number of benzene rings is 16. The zero-order valence-corrected chi connectivity index (χ0v) is 56.6. The molecular formula is C96H61BN2S2. The number of hydrogen-bond acceptors (Lipinski definition) is 4. The lowest BCUT2D eigenvalue weighted by Gasteiger charge is -2.46. The molecule has 0 radical (unpaired) electrons. The Labute approximate surface area is 596 Å². The van der Waals surface area contributed by atoms with Crippen molar-refractivity contribution in [2.45, 2.75) is 0 Å². The Kier molecular flexibility index (Phi) is 14.1. The number of fused-ring (bicyclic) bond motifs is 12. The molecule has 2 nitrogen and oxygen atoms in total. The number of nitrogens with zero attached hydrogens (tertiary/aromatic N) is 2. The minimum atomic E-state index is -0.282. The molecule has 20 rings (SSSR count). The lowest BCUT2D eigenvalue weighted by atomic mass is 9.33. The molecule has 0 atom stereocenters. The Morgan fingerprint density at radius 1 is 0.188 bits per heavy atom. The minimum Gasteiger partial charge on any atom is -0.311 e. The molecule has 0 saturated carbocycles. The van der Waals surface area contributed by atoms with Crippen molar-refractivity contribution in [3.05, 3.63) is 370 Å². The van der Waals surface area contributed by atoms with Crippen molar-refractivity contribution in [1.29, 1.82) is 0 Å². The average molecular weight is 1320 g/mol. The Hall–Kier alpha value is -12.4. The lowest BCUT2D eigenvalue weighted by molar-refractivity contribution is 1.26. The highest BCUT2D eigenvalue weighted by Crippen LogP contribution is 2.56. The first-order valence-electron chi connectivity index (χ1n) is 34.7. The van der Waals surface area contributed by atoms with Crippen molar-refractivity contribution in [2.24, 2.45) is 0 Å². The van der Waals surface area contributed by atoms with Crippen molar-refractivity contribution in [2.75, 3.05) is 9.80 Å². The molecule has 0 unspecified atom stereocenters. The van der Waals surface area contributed by atoms with E-state index in [9.17, 15) is 0 Å². The molecule has 5 heteroatoms. The summed E-state index contributed by atoms with van der Waals surface area (Å²) in [4.78, 5) is 5.40. The summed E-state index contributed by atoms with van der Waals surface area (Å²) in [5, 5.41) is 5.07. The van der Waals surface area contributed by atoms with Crippen LogP contribution in [0.15, 0.2) is 370 Å². The van der Waals surface area contributed by atoms with Gasteiger partial charge >= 0.3 is 0 Å². The quantitative estimate of drug-likeness (QED) is 0.119. The van der Waals surface area contributed by atoms with Crippen LogP contribution in [0.1, 0.15) is 0 Å². The van der Waals surface area contributed by atoms with E-state index in [0.717, 1.165) is 78.6 Å². The summed E-state index contributed by atoms with van der Waals surface area (Å²) in [5.41, 5.74) is 31.7. The highest BCUT2D eigenvalue weighted by atomic mass is 32.1. The second kappa shape index (κ2) is 24.3. The minimum absolute atomic E-state index is 0.282. The van der Waals surface area contributed by atoms with Crippen LogP contribution in [0.25, 0.3) is 140 Å². The van der Waals surface area contributed by atoms with Crippen LogP contribution in [0.5, 0.6) is 0 Å². The summed E-state index contributed by atoms with van der Waals surface area (Å²) in [6, 6.07) is 138. The second-order valence-corrected chi connectivity index (χ2v) is 28.6. The zero-order chi connectivity index (χ0) is 66.5. The predicted octanol–water partition coefficient (Wildman–Crippen LogP) is 25.5. The first-order chi connectivity index (χ1) is 50.1. The van der Waals surface area contributed by atoms with Gasteiger partial charge in [0.1, 0.15) is 0 Å². The highest BCUT2D eigenvalue weighted by molar-refractivity contribution is 7.30. The Morgan fingerprint density at radius 3 is 0.861 bits per heavy atom. The maximum absolute atomic E-state index is 2.70. The lowest BCUT2D eigenvalue weighted by Crippen LogP contribution is -2.61. The van der Waals surface area contributed by atoms with Crippen LogP contribution in [0.4, 0.5) is 34.1 Å². The van der Waals surface area contributed by atoms with Crippen LogP contribution in [0.3, 0.4) is 0 Å². The van der Waals surface area contributed by atoms with Gasteiger partial charge in [-0.3, -0.25) is 0 Å². The normalized spacial score (nSPS) is 12.3. The average Bonchev–Trinajstić information content (AvgIpc) is 1.66. The maximum atomic E-state index is 2.70. The van der Waals surface area contributed by atoms with E-state index in [-0.39, 0.29) is 6.71 Å². The van der Waals surface area contributed by atoms with Gasteiger partial charge in [-0.05, 0) is 178 Å². The van der Waals surface area contributed by atoms with Crippen LogP contribution in [0, 0.1) is 0 Å². The zero-order valence-electron chi connectivity index (χ0n) is 55.0. The van der Waals surface area contributed by atoms with Gasteiger partial charge in [-0.2, -0.15) is 0 Å². The van der Waals surface area contributed by atoms with Gasteiger partial charge in [-0.15, -0.1) is 22.7 Å². The van der Waals surface area contributed by atoms with Crippen LogP contribution in [0.2, 0.25) is 0 Å². The first kappa shape index (κ1) is 58.7. The molecule has 101 heavy (non-hydrogen) atoms. The van der Waals surface area contributed by atoms with E-state index >= 15 is 0 Å². The summed E-state index contributed by atoms with van der Waals surface area (Å²) in [7, 11) is 0. The van der Waals surface area contributed by atoms with Crippen molar-refractivity contribution < 1.29 is 0 Å². The van der Waals surface area contributed by atoms with Gasteiger partial charge in [-0.25, -0.2) is 0 Å². The molecule has 0 saturated heterocycles. The third-order valence-corrected chi connectivity index (χ3v) is 23.2. The fourth-order valence-corrected chi connectivity index (χ4v) is 18.9. The van der Waals surface area contributed by atoms with Gasteiger partial charge in [0.25, 0.3) is 6.71 Å². The van der Waals surface area contributed by atoms with Gasteiger partial charge in [0.2, 0.25) is 0 Å². The Bertz CT molecular complexity index is 5890. The number of anilines is 6. The smallest absolute Gasteiger partial charge is 0.255 e. The predicted molar refractivity (Wildman–Crippen MR) is 435 cm³/mol. The van der Waals surface area contributed by atoms with Crippen LogP contribution < -0.4 is 26.2 Å². The van der Waals surface area contributed by atoms with Gasteiger partial charge in [0, 0.05) is 74.2 Å². The topological polar surface area (TPSA) is 6.48 Å².